The normalized spacial score (nSPS) is 13.3. The maximum absolute atomic E-state index is 13.0. The first-order chi connectivity index (χ1) is 16.3. The van der Waals surface area contributed by atoms with Gasteiger partial charge in [-0.3, -0.25) is 14.4 Å². The number of benzene rings is 2. The molecule has 0 spiro atoms. The van der Waals surface area contributed by atoms with Crippen molar-refractivity contribution in [3.05, 3.63) is 78.4 Å². The van der Waals surface area contributed by atoms with Gasteiger partial charge in [0.1, 0.15) is 11.9 Å². The van der Waals surface area contributed by atoms with E-state index in [0.29, 0.717) is 24.2 Å². The average molecular weight is 468 g/mol. The van der Waals surface area contributed by atoms with Gasteiger partial charge in [-0.1, -0.05) is 48.5 Å². The summed E-state index contributed by atoms with van der Waals surface area (Å²) < 4.78 is 10.5. The monoisotopic (exact) mass is 467 g/mol. The van der Waals surface area contributed by atoms with E-state index in [4.69, 9.17) is 9.47 Å². The van der Waals surface area contributed by atoms with Crippen LogP contribution in [0, 0.1) is 0 Å². The number of amides is 1. The Morgan fingerprint density at radius 3 is 2.41 bits per heavy atom. The number of Topliss-reactive ketones (excluding diaryl/α,β-unsaturated/α-hetero) is 1. The smallest absolute Gasteiger partial charge is 0.302 e. The summed E-state index contributed by atoms with van der Waals surface area (Å²) in [5, 5.41) is 13.1. The molecule has 7 nitrogen and oxygen atoms in total. The predicted octanol–water partition coefficient (Wildman–Crippen LogP) is 3.60. The second-order valence-electron chi connectivity index (χ2n) is 8.13. The molecule has 2 rings (SSSR count). The van der Waals surface area contributed by atoms with Crippen LogP contribution in [0.1, 0.15) is 48.5 Å². The van der Waals surface area contributed by atoms with E-state index in [9.17, 15) is 19.5 Å². The van der Waals surface area contributed by atoms with Gasteiger partial charge < -0.3 is 19.9 Å². The number of hydrogen-bond donors (Lipinski definition) is 2. The Hall–Kier alpha value is -3.45. The van der Waals surface area contributed by atoms with Crippen LogP contribution in [-0.2, 0) is 19.7 Å². The fourth-order valence-electron chi connectivity index (χ4n) is 3.87. The van der Waals surface area contributed by atoms with Gasteiger partial charge in [0, 0.05) is 25.3 Å². The number of carbonyl (C=O) groups excluding carboxylic acids is 3. The second-order valence-corrected chi connectivity index (χ2v) is 8.13. The minimum absolute atomic E-state index is 0.0918. The third-order valence-corrected chi connectivity index (χ3v) is 5.82. The largest absolute Gasteiger partial charge is 0.496 e. The molecule has 0 saturated heterocycles. The van der Waals surface area contributed by atoms with Crippen LogP contribution in [0.15, 0.2) is 67.3 Å². The van der Waals surface area contributed by atoms with Gasteiger partial charge in [-0.05, 0) is 37.0 Å². The Balaban J connectivity index is 2.33. The Kier molecular flexibility index (Phi) is 10.5. The van der Waals surface area contributed by atoms with Crippen LogP contribution in [0.5, 0.6) is 5.75 Å². The Labute approximate surface area is 200 Å². The molecule has 0 fully saturated rings. The first-order valence-electron chi connectivity index (χ1n) is 11.2. The van der Waals surface area contributed by atoms with Crippen molar-refractivity contribution in [1.29, 1.82) is 0 Å². The van der Waals surface area contributed by atoms with E-state index in [1.807, 2.05) is 30.3 Å². The maximum atomic E-state index is 13.0. The van der Waals surface area contributed by atoms with E-state index in [1.54, 1.807) is 24.3 Å². The standard InChI is InChI=1S/C27H33NO6/c1-4-10-23(30)24(31)15-16-27(17-18-34-20(2)29,21-11-6-5-7-12-21)19-28-26(32)22-13-8-9-14-25(22)33-3/h4-9,11-14,23,30H,1,10,15-19H2,2-3H3,(H,28,32). The summed E-state index contributed by atoms with van der Waals surface area (Å²) in [5.74, 6) is -0.572. The summed E-state index contributed by atoms with van der Waals surface area (Å²) in [5.41, 5.74) is 0.579. The fraction of sp³-hybridized carbons (Fsp3) is 0.370. The van der Waals surface area contributed by atoms with Crippen molar-refractivity contribution in [3.8, 4) is 5.75 Å². The highest BCUT2D eigenvalue weighted by Crippen LogP contribution is 2.34. The Morgan fingerprint density at radius 1 is 1.09 bits per heavy atom. The van der Waals surface area contributed by atoms with Gasteiger partial charge in [0.05, 0.1) is 19.3 Å². The van der Waals surface area contributed by atoms with E-state index in [0.717, 1.165) is 5.56 Å². The molecule has 0 aromatic heterocycles. The second kappa shape index (κ2) is 13.3. The Bertz CT molecular complexity index is 974. The lowest BCUT2D eigenvalue weighted by molar-refractivity contribution is -0.141. The highest BCUT2D eigenvalue weighted by Gasteiger charge is 2.34. The van der Waals surface area contributed by atoms with Crippen molar-refractivity contribution in [2.24, 2.45) is 0 Å². The molecular weight excluding hydrogens is 434 g/mol. The number of esters is 1. The van der Waals surface area contributed by atoms with Crippen molar-refractivity contribution in [1.82, 2.24) is 5.32 Å². The zero-order valence-electron chi connectivity index (χ0n) is 19.8. The number of methoxy groups -OCH3 is 1. The van der Waals surface area contributed by atoms with Crippen molar-refractivity contribution in [2.75, 3.05) is 20.3 Å². The Morgan fingerprint density at radius 2 is 1.76 bits per heavy atom. The first-order valence-corrected chi connectivity index (χ1v) is 11.2. The molecule has 0 aliphatic heterocycles. The summed E-state index contributed by atoms with van der Waals surface area (Å²) in [4.78, 5) is 37.0. The van der Waals surface area contributed by atoms with Gasteiger partial charge in [-0.15, -0.1) is 6.58 Å². The lowest BCUT2D eigenvalue weighted by Gasteiger charge is -2.35. The quantitative estimate of drug-likeness (QED) is 0.325. The van der Waals surface area contributed by atoms with E-state index >= 15 is 0 Å². The van der Waals surface area contributed by atoms with E-state index in [-0.39, 0.29) is 37.7 Å². The summed E-state index contributed by atoms with van der Waals surface area (Å²) >= 11 is 0. The fourth-order valence-corrected chi connectivity index (χ4v) is 3.87. The number of rotatable bonds is 14. The molecule has 2 unspecified atom stereocenters. The van der Waals surface area contributed by atoms with Crippen LogP contribution >= 0.6 is 0 Å². The number of carbonyl (C=O) groups is 3. The van der Waals surface area contributed by atoms with Crippen LogP contribution in [-0.4, -0.2) is 49.1 Å². The topological polar surface area (TPSA) is 102 Å². The minimum Gasteiger partial charge on any atom is -0.496 e. The van der Waals surface area contributed by atoms with Crippen molar-refractivity contribution < 1.29 is 29.0 Å². The van der Waals surface area contributed by atoms with Gasteiger partial charge in [0.15, 0.2) is 5.78 Å². The van der Waals surface area contributed by atoms with E-state index in [2.05, 4.69) is 11.9 Å². The molecule has 0 radical (unpaired) electrons. The summed E-state index contributed by atoms with van der Waals surface area (Å²) in [7, 11) is 1.50. The number of ketones is 1. The van der Waals surface area contributed by atoms with Crippen LogP contribution in [0.4, 0.5) is 0 Å². The average Bonchev–Trinajstić information content (AvgIpc) is 2.85. The maximum Gasteiger partial charge on any atom is 0.302 e. The third kappa shape index (κ3) is 7.56. The molecule has 2 atom stereocenters. The highest BCUT2D eigenvalue weighted by atomic mass is 16.5. The van der Waals surface area contributed by atoms with Gasteiger partial charge in [0.2, 0.25) is 0 Å². The number of nitrogens with one attached hydrogen (secondary N) is 1. The molecule has 34 heavy (non-hydrogen) atoms. The van der Waals surface area contributed by atoms with Gasteiger partial charge >= 0.3 is 5.97 Å². The molecular formula is C27H33NO6. The number of aliphatic hydroxyl groups excluding tert-OH is 1. The van der Waals surface area contributed by atoms with Crippen LogP contribution in [0.25, 0.3) is 0 Å². The minimum atomic E-state index is -1.12. The van der Waals surface area contributed by atoms with E-state index in [1.165, 1.54) is 20.1 Å². The predicted molar refractivity (Wildman–Crippen MR) is 130 cm³/mol. The molecule has 2 aromatic carbocycles. The molecule has 2 aromatic rings. The zero-order chi connectivity index (χ0) is 25.0. The lowest BCUT2D eigenvalue weighted by Crippen LogP contribution is -2.42. The molecule has 182 valence electrons. The SMILES string of the molecule is C=CCC(O)C(=O)CCC(CCOC(C)=O)(CNC(=O)c1ccccc1OC)c1ccccc1. The molecule has 0 heterocycles. The number of aliphatic hydroxyl groups is 1. The molecule has 0 aliphatic carbocycles. The molecule has 0 saturated carbocycles. The van der Waals surface area contributed by atoms with Crippen LogP contribution in [0.2, 0.25) is 0 Å². The first kappa shape index (κ1) is 26.8. The van der Waals surface area contributed by atoms with Crippen LogP contribution in [0.3, 0.4) is 0 Å². The van der Waals surface area contributed by atoms with Gasteiger partial charge in [-0.25, -0.2) is 0 Å². The van der Waals surface area contributed by atoms with Gasteiger partial charge in [-0.2, -0.15) is 0 Å². The zero-order valence-corrected chi connectivity index (χ0v) is 19.8. The number of para-hydroxylation sites is 1. The molecule has 0 aliphatic rings. The van der Waals surface area contributed by atoms with Crippen LogP contribution < -0.4 is 10.1 Å². The van der Waals surface area contributed by atoms with Crippen molar-refractivity contribution in [2.45, 2.75) is 44.1 Å². The molecule has 0 bridgehead atoms. The van der Waals surface area contributed by atoms with E-state index < -0.39 is 17.5 Å². The number of hydrogen-bond acceptors (Lipinski definition) is 6. The number of ether oxygens (including phenoxy) is 2. The van der Waals surface area contributed by atoms with Crippen molar-refractivity contribution in [3.63, 3.8) is 0 Å². The molecule has 1 amide bonds. The van der Waals surface area contributed by atoms with Crippen molar-refractivity contribution >= 4 is 17.7 Å². The molecule has 2 N–H and O–H groups in total. The summed E-state index contributed by atoms with van der Waals surface area (Å²) in [6.45, 7) is 5.22. The van der Waals surface area contributed by atoms with Gasteiger partial charge in [0.25, 0.3) is 5.91 Å². The molecule has 7 heteroatoms. The summed E-state index contributed by atoms with van der Waals surface area (Å²) in [6, 6.07) is 16.4. The summed E-state index contributed by atoms with van der Waals surface area (Å²) in [6.07, 6.45) is 1.37. The third-order valence-electron chi connectivity index (χ3n) is 5.82. The highest BCUT2D eigenvalue weighted by molar-refractivity contribution is 5.97. The lowest BCUT2D eigenvalue weighted by atomic mass is 9.73.